The number of rotatable bonds is 6. The van der Waals surface area contributed by atoms with E-state index in [1.807, 2.05) is 13.8 Å². The largest absolute Gasteiger partial charge is 0.495 e. The number of ether oxygens (including phenoxy) is 1. The molecule has 1 heterocycles. The van der Waals surface area contributed by atoms with Gasteiger partial charge < -0.3 is 9.64 Å². The highest BCUT2D eigenvalue weighted by Gasteiger charge is 2.23. The Balaban J connectivity index is 2.30. The molecule has 6 nitrogen and oxygen atoms in total. The Kier molecular flexibility index (Phi) is 5.51. The molecule has 0 aromatic heterocycles. The SMILES string of the molecule is COc1ccc(NS(=O)(=O)CC(C)C)cc1N1CCCCC1=O. The normalized spacial score (nSPS) is 15.8. The minimum absolute atomic E-state index is 0.0360. The highest BCUT2D eigenvalue weighted by molar-refractivity contribution is 7.92. The molecule has 1 amide bonds. The van der Waals surface area contributed by atoms with Crippen molar-refractivity contribution in [2.24, 2.45) is 5.92 Å². The van der Waals surface area contributed by atoms with Gasteiger partial charge in [-0.15, -0.1) is 0 Å². The number of amides is 1. The van der Waals surface area contributed by atoms with E-state index >= 15 is 0 Å². The highest BCUT2D eigenvalue weighted by atomic mass is 32.2. The summed E-state index contributed by atoms with van der Waals surface area (Å²) in [4.78, 5) is 13.8. The van der Waals surface area contributed by atoms with Gasteiger partial charge in [0.25, 0.3) is 0 Å². The van der Waals surface area contributed by atoms with Gasteiger partial charge in [-0.2, -0.15) is 0 Å². The number of nitrogens with one attached hydrogen (secondary N) is 1. The molecule has 0 spiro atoms. The Morgan fingerprint density at radius 1 is 1.30 bits per heavy atom. The lowest BCUT2D eigenvalue weighted by Gasteiger charge is -2.28. The standard InChI is InChI=1S/C16H24N2O4S/c1-12(2)11-23(20,21)17-13-7-8-15(22-3)14(10-13)18-9-5-4-6-16(18)19/h7-8,10,12,17H,4-6,9,11H2,1-3H3. The van der Waals surface area contributed by atoms with Crippen LogP contribution in [0.5, 0.6) is 5.75 Å². The first kappa shape index (κ1) is 17.6. The van der Waals surface area contributed by atoms with Crippen LogP contribution in [0.4, 0.5) is 11.4 Å². The average molecular weight is 340 g/mol. The van der Waals surface area contributed by atoms with Gasteiger partial charge in [0, 0.05) is 13.0 Å². The van der Waals surface area contributed by atoms with Gasteiger partial charge in [-0.1, -0.05) is 13.8 Å². The number of benzene rings is 1. The van der Waals surface area contributed by atoms with Gasteiger partial charge in [0.1, 0.15) is 5.75 Å². The fourth-order valence-electron chi connectivity index (χ4n) is 2.69. The Labute approximate surface area is 137 Å². The molecule has 1 aliphatic rings. The molecular formula is C16H24N2O4S. The number of sulfonamides is 1. The molecule has 1 aromatic rings. The number of hydrogen-bond donors (Lipinski definition) is 1. The van der Waals surface area contributed by atoms with Gasteiger partial charge in [0.15, 0.2) is 0 Å². The summed E-state index contributed by atoms with van der Waals surface area (Å²) >= 11 is 0. The van der Waals surface area contributed by atoms with Crippen molar-refractivity contribution in [2.75, 3.05) is 29.0 Å². The summed E-state index contributed by atoms with van der Waals surface area (Å²) < 4.78 is 32.1. The number of methoxy groups -OCH3 is 1. The molecule has 1 fully saturated rings. The van der Waals surface area contributed by atoms with Crippen molar-refractivity contribution in [3.8, 4) is 5.75 Å². The molecule has 23 heavy (non-hydrogen) atoms. The van der Waals surface area contributed by atoms with E-state index in [9.17, 15) is 13.2 Å². The second-order valence-corrected chi connectivity index (χ2v) is 7.93. The van der Waals surface area contributed by atoms with Crippen LogP contribution in [0.25, 0.3) is 0 Å². The average Bonchev–Trinajstić information content (AvgIpc) is 2.46. The molecule has 2 rings (SSSR count). The van der Waals surface area contributed by atoms with Crippen LogP contribution in [0.15, 0.2) is 18.2 Å². The summed E-state index contributed by atoms with van der Waals surface area (Å²) in [7, 11) is -1.87. The number of piperidine rings is 1. The van der Waals surface area contributed by atoms with Crippen molar-refractivity contribution in [2.45, 2.75) is 33.1 Å². The molecule has 1 aliphatic heterocycles. The van der Waals surface area contributed by atoms with E-state index in [-0.39, 0.29) is 17.6 Å². The fraction of sp³-hybridized carbons (Fsp3) is 0.562. The maximum atomic E-state index is 12.1. The predicted molar refractivity (Wildman–Crippen MR) is 91.4 cm³/mol. The summed E-state index contributed by atoms with van der Waals surface area (Å²) in [5, 5.41) is 0. The third kappa shape index (κ3) is 4.60. The lowest BCUT2D eigenvalue weighted by atomic mass is 10.1. The number of carbonyl (C=O) groups excluding carboxylic acids is 1. The summed E-state index contributed by atoms with van der Waals surface area (Å²) in [5.41, 5.74) is 1.06. The van der Waals surface area contributed by atoms with Crippen molar-refractivity contribution in [3.05, 3.63) is 18.2 Å². The molecule has 0 unspecified atom stereocenters. The summed E-state index contributed by atoms with van der Waals surface area (Å²) in [5.74, 6) is 0.689. The molecule has 7 heteroatoms. The first-order valence-corrected chi connectivity index (χ1v) is 9.46. The third-order valence-electron chi connectivity index (χ3n) is 3.62. The Morgan fingerprint density at radius 3 is 2.65 bits per heavy atom. The minimum Gasteiger partial charge on any atom is -0.495 e. The molecule has 1 N–H and O–H groups in total. The summed E-state index contributed by atoms with van der Waals surface area (Å²) in [6, 6.07) is 5.00. The molecule has 0 bridgehead atoms. The maximum absolute atomic E-state index is 12.1. The Hall–Kier alpha value is -1.76. The van der Waals surface area contributed by atoms with Gasteiger partial charge in [0.2, 0.25) is 15.9 Å². The van der Waals surface area contributed by atoms with Crippen LogP contribution in [0.2, 0.25) is 0 Å². The number of hydrogen-bond acceptors (Lipinski definition) is 4. The Morgan fingerprint density at radius 2 is 2.04 bits per heavy atom. The molecule has 0 aliphatic carbocycles. The second-order valence-electron chi connectivity index (χ2n) is 6.17. The minimum atomic E-state index is -3.41. The van der Waals surface area contributed by atoms with Gasteiger partial charge in [-0.25, -0.2) is 8.42 Å². The lowest BCUT2D eigenvalue weighted by Crippen LogP contribution is -2.35. The first-order chi connectivity index (χ1) is 10.8. The second kappa shape index (κ2) is 7.21. The molecule has 1 saturated heterocycles. The highest BCUT2D eigenvalue weighted by Crippen LogP contribution is 2.33. The monoisotopic (exact) mass is 340 g/mol. The smallest absolute Gasteiger partial charge is 0.232 e. The van der Waals surface area contributed by atoms with Crippen LogP contribution in [0.1, 0.15) is 33.1 Å². The van der Waals surface area contributed by atoms with E-state index in [1.165, 1.54) is 7.11 Å². The zero-order valence-electron chi connectivity index (χ0n) is 13.8. The van der Waals surface area contributed by atoms with Crippen LogP contribution in [0, 0.1) is 5.92 Å². The van der Waals surface area contributed by atoms with Crippen LogP contribution in [-0.4, -0.2) is 33.7 Å². The van der Waals surface area contributed by atoms with Crippen molar-refractivity contribution in [3.63, 3.8) is 0 Å². The molecular weight excluding hydrogens is 316 g/mol. The maximum Gasteiger partial charge on any atom is 0.232 e. The van der Waals surface area contributed by atoms with E-state index in [1.54, 1.807) is 23.1 Å². The Bertz CT molecular complexity index is 671. The van der Waals surface area contributed by atoms with Crippen LogP contribution in [0.3, 0.4) is 0 Å². The predicted octanol–water partition coefficient (Wildman–Crippen LogP) is 2.61. The molecule has 0 radical (unpaired) electrons. The summed E-state index contributed by atoms with van der Waals surface area (Å²) in [6.07, 6.45) is 2.32. The fourth-order valence-corrected chi connectivity index (χ4v) is 4.13. The van der Waals surface area contributed by atoms with Crippen molar-refractivity contribution < 1.29 is 17.9 Å². The molecule has 0 atom stereocenters. The topological polar surface area (TPSA) is 75.7 Å². The third-order valence-corrected chi connectivity index (χ3v) is 5.27. The number of nitrogens with zero attached hydrogens (tertiary/aromatic N) is 1. The van der Waals surface area contributed by atoms with Crippen LogP contribution < -0.4 is 14.4 Å². The van der Waals surface area contributed by atoms with Gasteiger partial charge >= 0.3 is 0 Å². The van der Waals surface area contributed by atoms with E-state index < -0.39 is 10.0 Å². The van der Waals surface area contributed by atoms with Gasteiger partial charge in [-0.3, -0.25) is 9.52 Å². The van der Waals surface area contributed by atoms with Crippen LogP contribution >= 0.6 is 0 Å². The van der Waals surface area contributed by atoms with Crippen molar-refractivity contribution in [1.29, 1.82) is 0 Å². The summed E-state index contributed by atoms with van der Waals surface area (Å²) in [6.45, 7) is 4.33. The molecule has 128 valence electrons. The first-order valence-electron chi connectivity index (χ1n) is 7.81. The number of carbonyl (C=O) groups is 1. The quantitative estimate of drug-likeness (QED) is 0.864. The van der Waals surface area contributed by atoms with Crippen LogP contribution in [-0.2, 0) is 14.8 Å². The lowest BCUT2D eigenvalue weighted by molar-refractivity contribution is -0.119. The molecule has 1 aromatic carbocycles. The van der Waals surface area contributed by atoms with E-state index in [4.69, 9.17) is 4.74 Å². The van der Waals surface area contributed by atoms with Gasteiger partial charge in [-0.05, 0) is 37.0 Å². The van der Waals surface area contributed by atoms with Gasteiger partial charge in [0.05, 0.1) is 24.2 Å². The zero-order chi connectivity index (χ0) is 17.0. The van der Waals surface area contributed by atoms with Crippen molar-refractivity contribution >= 4 is 27.3 Å². The van der Waals surface area contributed by atoms with E-state index in [0.717, 1.165) is 12.8 Å². The van der Waals surface area contributed by atoms with Crippen molar-refractivity contribution in [1.82, 2.24) is 0 Å². The van der Waals surface area contributed by atoms with E-state index in [0.29, 0.717) is 30.1 Å². The number of anilines is 2. The zero-order valence-corrected chi connectivity index (χ0v) is 14.6. The molecule has 0 saturated carbocycles. The van der Waals surface area contributed by atoms with E-state index in [2.05, 4.69) is 4.72 Å².